The number of aliphatic hydroxyl groups excluding tert-OH is 1. The van der Waals surface area contributed by atoms with Crippen molar-refractivity contribution in [1.29, 1.82) is 0 Å². The number of imidazole rings is 1. The number of hydrogen-bond acceptors (Lipinski definition) is 9. The first-order valence-corrected chi connectivity index (χ1v) is 11.2. The van der Waals surface area contributed by atoms with Crippen molar-refractivity contribution in [2.75, 3.05) is 6.54 Å². The number of primary amides is 1. The molecular weight excluding hydrogens is 492 g/mol. The van der Waals surface area contributed by atoms with Gasteiger partial charge in [-0.3, -0.25) is 24.2 Å². The minimum atomic E-state index is -1.60. The predicted molar refractivity (Wildman–Crippen MR) is 129 cm³/mol. The van der Waals surface area contributed by atoms with Gasteiger partial charge in [-0.15, -0.1) is 0 Å². The van der Waals surface area contributed by atoms with Gasteiger partial charge in [0.2, 0.25) is 23.6 Å². The van der Waals surface area contributed by atoms with E-state index in [1.807, 2.05) is 0 Å². The van der Waals surface area contributed by atoms with Crippen LogP contribution in [-0.2, 0) is 30.4 Å². The predicted octanol–water partition coefficient (Wildman–Crippen LogP) is -4.87. The molecule has 0 spiro atoms. The molecule has 1 aromatic heterocycles. The maximum absolute atomic E-state index is 12.8. The molecule has 0 aliphatic rings. The average molecular weight is 527 g/mol. The highest BCUT2D eigenvalue weighted by atomic mass is 16.4. The Balaban J connectivity index is 2.88. The number of rotatable bonds is 16. The Labute approximate surface area is 211 Å². The number of nitrogens with one attached hydrogen (secondary N) is 4. The van der Waals surface area contributed by atoms with E-state index in [4.69, 9.17) is 22.9 Å². The smallest absolute Gasteiger partial charge is 0.326 e. The van der Waals surface area contributed by atoms with Crippen LogP contribution in [0.25, 0.3) is 0 Å². The lowest BCUT2D eigenvalue weighted by Gasteiger charge is -2.26. The molecule has 0 fully saturated rings. The Hall–Kier alpha value is -4.25. The summed E-state index contributed by atoms with van der Waals surface area (Å²) in [4.78, 5) is 71.4. The molecule has 0 radical (unpaired) electrons. The van der Waals surface area contributed by atoms with Crippen LogP contribution >= 0.6 is 0 Å². The Morgan fingerprint density at radius 3 is 2.22 bits per heavy atom. The number of H-pyrrole nitrogens is 1. The number of aromatic nitrogens is 2. The Kier molecular flexibility index (Phi) is 12.5. The third-order valence-corrected chi connectivity index (χ3v) is 4.99. The van der Waals surface area contributed by atoms with E-state index in [-0.39, 0.29) is 31.8 Å². The Bertz CT molecular complexity index is 963. The standard InChI is InChI=1S/C20H34N10O7/c1-9(31)15(30-16(33)11(21)5-10-7-25-8-27-10)18(35)29-13(6-14(22)32)17(34)28-12(19(36)37)3-2-4-26-20(23)24/h7-9,11-13,15,31H,2-6,21H2,1H3,(H2,22,32)(H,25,27)(H,28,34)(H,29,35)(H,30,33)(H,36,37)(H4,23,24,26). The van der Waals surface area contributed by atoms with Crippen molar-refractivity contribution in [2.45, 2.75) is 62.9 Å². The summed E-state index contributed by atoms with van der Waals surface area (Å²) >= 11 is 0. The molecule has 1 rings (SSSR count). The molecule has 0 aliphatic carbocycles. The van der Waals surface area contributed by atoms with Gasteiger partial charge >= 0.3 is 5.97 Å². The number of hydrogen-bond donors (Lipinski definition) is 10. The average Bonchev–Trinajstić information content (AvgIpc) is 3.30. The van der Waals surface area contributed by atoms with Crippen LogP contribution in [0.2, 0.25) is 0 Å². The SMILES string of the molecule is CC(O)C(NC(=O)C(N)Cc1cnc[nH]1)C(=O)NC(CC(N)=O)C(=O)NC(CCCN=C(N)N)C(=O)O. The second-order valence-electron chi connectivity index (χ2n) is 8.19. The highest BCUT2D eigenvalue weighted by molar-refractivity contribution is 5.96. The fourth-order valence-electron chi connectivity index (χ4n) is 3.10. The molecule has 0 bridgehead atoms. The van der Waals surface area contributed by atoms with Crippen molar-refractivity contribution in [3.8, 4) is 0 Å². The van der Waals surface area contributed by atoms with Gasteiger partial charge in [0.1, 0.15) is 18.1 Å². The van der Waals surface area contributed by atoms with E-state index in [0.717, 1.165) is 0 Å². The summed E-state index contributed by atoms with van der Waals surface area (Å²) in [6.07, 6.45) is 0.957. The summed E-state index contributed by atoms with van der Waals surface area (Å²) in [6, 6.07) is -5.64. The van der Waals surface area contributed by atoms with E-state index < -0.39 is 66.3 Å². The number of aromatic amines is 1. The van der Waals surface area contributed by atoms with Crippen LogP contribution < -0.4 is 38.9 Å². The third-order valence-electron chi connectivity index (χ3n) is 4.99. The largest absolute Gasteiger partial charge is 0.480 e. The summed E-state index contributed by atoms with van der Waals surface area (Å²) in [7, 11) is 0. The zero-order valence-electron chi connectivity index (χ0n) is 20.2. The van der Waals surface area contributed by atoms with E-state index >= 15 is 0 Å². The quantitative estimate of drug-likeness (QED) is 0.0553. The third kappa shape index (κ3) is 11.4. The first kappa shape index (κ1) is 30.8. The number of carboxylic acid groups (broad SMARTS) is 1. The molecule has 5 unspecified atom stereocenters. The van der Waals surface area contributed by atoms with Crippen molar-refractivity contribution in [1.82, 2.24) is 25.9 Å². The van der Waals surface area contributed by atoms with Gasteiger partial charge in [0.05, 0.1) is 24.9 Å². The van der Waals surface area contributed by atoms with E-state index in [0.29, 0.717) is 5.69 Å². The number of guanidine groups is 1. The summed E-state index contributed by atoms with van der Waals surface area (Å²) in [6.45, 7) is 1.33. The number of nitrogens with two attached hydrogens (primary N) is 4. The monoisotopic (exact) mass is 526 g/mol. The molecule has 206 valence electrons. The van der Waals surface area contributed by atoms with E-state index in [2.05, 4.69) is 30.9 Å². The molecule has 5 atom stereocenters. The zero-order chi connectivity index (χ0) is 28.1. The molecule has 37 heavy (non-hydrogen) atoms. The molecule has 0 aliphatic heterocycles. The fraction of sp³-hybridized carbons (Fsp3) is 0.550. The van der Waals surface area contributed by atoms with Gasteiger partial charge in [-0.25, -0.2) is 9.78 Å². The highest BCUT2D eigenvalue weighted by Gasteiger charge is 2.33. The van der Waals surface area contributed by atoms with Gasteiger partial charge in [0, 0.05) is 24.9 Å². The van der Waals surface area contributed by atoms with Gasteiger partial charge in [-0.2, -0.15) is 0 Å². The number of aliphatic hydroxyl groups is 1. The topological polar surface area (TPSA) is 307 Å². The van der Waals surface area contributed by atoms with Crippen molar-refractivity contribution >= 4 is 35.6 Å². The molecule has 17 nitrogen and oxygen atoms in total. The van der Waals surface area contributed by atoms with Crippen LogP contribution in [0.5, 0.6) is 0 Å². The lowest BCUT2D eigenvalue weighted by molar-refractivity contribution is -0.142. The first-order chi connectivity index (χ1) is 17.3. The summed E-state index contributed by atoms with van der Waals surface area (Å²) in [5.41, 5.74) is 22.0. The normalized spacial score (nSPS) is 14.8. The number of nitrogens with zero attached hydrogens (tertiary/aromatic N) is 2. The fourth-order valence-corrected chi connectivity index (χ4v) is 3.10. The number of amides is 4. The minimum Gasteiger partial charge on any atom is -0.480 e. The number of aliphatic carboxylic acids is 1. The van der Waals surface area contributed by atoms with Crippen LogP contribution in [0, 0.1) is 0 Å². The van der Waals surface area contributed by atoms with E-state index in [1.54, 1.807) is 0 Å². The second-order valence-corrected chi connectivity index (χ2v) is 8.19. The second kappa shape index (κ2) is 15.0. The summed E-state index contributed by atoms with van der Waals surface area (Å²) in [5, 5.41) is 26.2. The molecule has 4 amide bonds. The van der Waals surface area contributed by atoms with Crippen LogP contribution in [0.15, 0.2) is 17.5 Å². The molecule has 0 aromatic carbocycles. The van der Waals surface area contributed by atoms with Gasteiger partial charge in [0.25, 0.3) is 0 Å². The van der Waals surface area contributed by atoms with Crippen LogP contribution in [-0.4, -0.2) is 92.6 Å². The summed E-state index contributed by atoms with van der Waals surface area (Å²) in [5.74, 6) is -5.35. The molecule has 1 aromatic rings. The van der Waals surface area contributed by atoms with Crippen molar-refractivity contribution in [3.05, 3.63) is 18.2 Å². The molecule has 0 saturated heterocycles. The van der Waals surface area contributed by atoms with E-state index in [1.165, 1.54) is 19.4 Å². The van der Waals surface area contributed by atoms with Crippen LogP contribution in [0.3, 0.4) is 0 Å². The van der Waals surface area contributed by atoms with Crippen LogP contribution in [0.1, 0.15) is 31.9 Å². The van der Waals surface area contributed by atoms with Crippen molar-refractivity contribution in [2.24, 2.45) is 27.9 Å². The lowest BCUT2D eigenvalue weighted by atomic mass is 10.1. The first-order valence-electron chi connectivity index (χ1n) is 11.2. The van der Waals surface area contributed by atoms with Crippen molar-refractivity contribution < 1.29 is 34.2 Å². The van der Waals surface area contributed by atoms with E-state index in [9.17, 15) is 34.2 Å². The van der Waals surface area contributed by atoms with Gasteiger partial charge in [0.15, 0.2) is 5.96 Å². The van der Waals surface area contributed by atoms with Gasteiger partial charge in [-0.05, 0) is 19.8 Å². The maximum Gasteiger partial charge on any atom is 0.326 e. The number of carboxylic acids is 1. The molecule has 0 saturated carbocycles. The molecule has 17 heteroatoms. The van der Waals surface area contributed by atoms with Crippen molar-refractivity contribution in [3.63, 3.8) is 0 Å². The molecule has 14 N–H and O–H groups in total. The number of carbonyl (C=O) groups excluding carboxylic acids is 4. The molecule has 1 heterocycles. The maximum atomic E-state index is 12.8. The minimum absolute atomic E-state index is 0.0599. The highest BCUT2D eigenvalue weighted by Crippen LogP contribution is 2.04. The molecular formula is C20H34N10O7. The number of aliphatic imine (C=N–C) groups is 1. The van der Waals surface area contributed by atoms with Gasteiger partial charge < -0.3 is 54.1 Å². The number of carbonyl (C=O) groups is 5. The van der Waals surface area contributed by atoms with Gasteiger partial charge in [-0.1, -0.05) is 0 Å². The summed E-state index contributed by atoms with van der Waals surface area (Å²) < 4.78 is 0. The zero-order valence-corrected chi connectivity index (χ0v) is 20.2. The Morgan fingerprint density at radius 1 is 1.05 bits per heavy atom. The van der Waals surface area contributed by atoms with Crippen LogP contribution in [0.4, 0.5) is 0 Å². The Morgan fingerprint density at radius 2 is 1.70 bits per heavy atom. The lowest BCUT2D eigenvalue weighted by Crippen LogP contribution is -2.60.